The van der Waals surface area contributed by atoms with Crippen molar-refractivity contribution in [2.75, 3.05) is 0 Å². The summed E-state index contributed by atoms with van der Waals surface area (Å²) in [5, 5.41) is 4.61. The van der Waals surface area contributed by atoms with E-state index in [9.17, 15) is 4.79 Å². The number of aromatic nitrogens is 5. The zero-order valence-corrected chi connectivity index (χ0v) is 9.53. The minimum absolute atomic E-state index is 0.0533. The Bertz CT molecular complexity index is 755. The molecule has 0 aliphatic rings. The van der Waals surface area contributed by atoms with E-state index in [2.05, 4.69) is 15.1 Å². The lowest BCUT2D eigenvalue weighted by atomic mass is 10.3. The summed E-state index contributed by atoms with van der Waals surface area (Å²) < 4.78 is 3.24. The number of hydrogen-bond donors (Lipinski definition) is 0. The number of fused-ring (bicyclic) bond motifs is 3. The topological polar surface area (TPSA) is 65.1 Å². The van der Waals surface area contributed by atoms with Crippen molar-refractivity contribution in [2.45, 2.75) is 19.9 Å². The Morgan fingerprint density at radius 3 is 2.88 bits per heavy atom. The van der Waals surface area contributed by atoms with Gasteiger partial charge in [0.15, 0.2) is 0 Å². The lowest BCUT2D eigenvalue weighted by Gasteiger charge is -2.10. The first-order valence-corrected chi connectivity index (χ1v) is 5.38. The van der Waals surface area contributed by atoms with Crippen LogP contribution in [0.25, 0.3) is 16.7 Å². The van der Waals surface area contributed by atoms with Crippen LogP contribution in [-0.4, -0.2) is 24.1 Å². The van der Waals surface area contributed by atoms with Crippen LogP contribution in [0.5, 0.6) is 0 Å². The fourth-order valence-electron chi connectivity index (χ4n) is 1.89. The van der Waals surface area contributed by atoms with Crippen LogP contribution in [0.3, 0.4) is 0 Å². The normalized spacial score (nSPS) is 11.7. The van der Waals surface area contributed by atoms with Gasteiger partial charge in [0.05, 0.1) is 10.9 Å². The molecule has 0 bridgehead atoms. The summed E-state index contributed by atoms with van der Waals surface area (Å²) in [4.78, 5) is 20.3. The van der Waals surface area contributed by atoms with Crippen LogP contribution in [0, 0.1) is 0 Å². The summed E-state index contributed by atoms with van der Waals surface area (Å²) >= 11 is 0. The molecule has 6 heteroatoms. The second-order valence-electron chi connectivity index (χ2n) is 4.15. The van der Waals surface area contributed by atoms with Gasteiger partial charge in [-0.25, -0.2) is 4.98 Å². The Labute approximate surface area is 96.5 Å². The molecule has 0 saturated carbocycles. The van der Waals surface area contributed by atoms with Crippen molar-refractivity contribution in [1.82, 2.24) is 24.1 Å². The summed E-state index contributed by atoms with van der Waals surface area (Å²) in [5.74, 6) is 0.499. The highest BCUT2D eigenvalue weighted by Gasteiger charge is 2.09. The predicted molar refractivity (Wildman–Crippen MR) is 62.9 cm³/mol. The third kappa shape index (κ3) is 1.33. The lowest BCUT2D eigenvalue weighted by molar-refractivity contribution is 0.582. The Morgan fingerprint density at radius 2 is 2.12 bits per heavy atom. The van der Waals surface area contributed by atoms with Gasteiger partial charge in [-0.2, -0.15) is 14.6 Å². The maximum atomic E-state index is 12.2. The average molecular weight is 229 g/mol. The van der Waals surface area contributed by atoms with Crippen LogP contribution < -0.4 is 5.56 Å². The van der Waals surface area contributed by atoms with E-state index >= 15 is 0 Å². The van der Waals surface area contributed by atoms with Crippen molar-refractivity contribution in [3.63, 3.8) is 0 Å². The van der Waals surface area contributed by atoms with E-state index in [4.69, 9.17) is 0 Å². The molecule has 3 aromatic rings. The second-order valence-corrected chi connectivity index (χ2v) is 4.15. The molecule has 3 heterocycles. The van der Waals surface area contributed by atoms with Gasteiger partial charge < -0.3 is 4.57 Å². The standard InChI is InChI=1S/C11H11N5O/c1-7(2)15-4-3-9-8(10(15)17)5-12-11-13-6-14-16(9)11/h3-7H,1-2H3. The molecular weight excluding hydrogens is 218 g/mol. The summed E-state index contributed by atoms with van der Waals surface area (Å²) in [6.07, 6.45) is 4.76. The molecular formula is C11H11N5O. The van der Waals surface area contributed by atoms with Crippen molar-refractivity contribution in [3.8, 4) is 0 Å². The average Bonchev–Trinajstić information content (AvgIpc) is 2.77. The maximum Gasteiger partial charge on any atom is 0.261 e. The largest absolute Gasteiger partial charge is 0.312 e. The third-order valence-electron chi connectivity index (χ3n) is 2.76. The molecule has 0 fully saturated rings. The van der Waals surface area contributed by atoms with Gasteiger partial charge in [-0.1, -0.05) is 0 Å². The zero-order chi connectivity index (χ0) is 12.0. The SMILES string of the molecule is CC(C)n1ccc2c(cnc3ncnn32)c1=O. The number of hydrogen-bond acceptors (Lipinski definition) is 4. The molecule has 0 aromatic carbocycles. The van der Waals surface area contributed by atoms with E-state index in [1.807, 2.05) is 19.9 Å². The summed E-state index contributed by atoms with van der Waals surface area (Å²) in [5.41, 5.74) is 0.678. The molecule has 3 aromatic heterocycles. The van der Waals surface area contributed by atoms with Crippen LogP contribution in [-0.2, 0) is 0 Å². The summed E-state index contributed by atoms with van der Waals surface area (Å²) in [6, 6.07) is 1.98. The fraction of sp³-hybridized carbons (Fsp3) is 0.273. The van der Waals surface area contributed by atoms with Crippen molar-refractivity contribution in [3.05, 3.63) is 35.1 Å². The van der Waals surface area contributed by atoms with Crippen LogP contribution >= 0.6 is 0 Å². The predicted octanol–water partition coefficient (Wildman–Crippen LogP) is 1.02. The Morgan fingerprint density at radius 1 is 1.29 bits per heavy atom. The highest BCUT2D eigenvalue weighted by atomic mass is 16.1. The van der Waals surface area contributed by atoms with E-state index < -0.39 is 0 Å². The third-order valence-corrected chi connectivity index (χ3v) is 2.76. The van der Waals surface area contributed by atoms with Crippen molar-refractivity contribution >= 4 is 16.7 Å². The summed E-state index contributed by atoms with van der Waals surface area (Å²) in [7, 11) is 0. The zero-order valence-electron chi connectivity index (χ0n) is 9.53. The number of pyridine rings is 1. The fourth-order valence-corrected chi connectivity index (χ4v) is 1.89. The molecule has 0 atom stereocenters. The van der Waals surface area contributed by atoms with Gasteiger partial charge in [0, 0.05) is 18.4 Å². The van der Waals surface area contributed by atoms with Crippen LogP contribution in [0.1, 0.15) is 19.9 Å². The molecule has 0 radical (unpaired) electrons. The molecule has 86 valence electrons. The molecule has 17 heavy (non-hydrogen) atoms. The molecule has 6 nitrogen and oxygen atoms in total. The molecule has 0 unspecified atom stereocenters. The van der Waals surface area contributed by atoms with Gasteiger partial charge in [-0.05, 0) is 19.9 Å². The molecule has 3 rings (SSSR count). The van der Waals surface area contributed by atoms with Gasteiger partial charge >= 0.3 is 0 Å². The van der Waals surface area contributed by atoms with E-state index in [1.165, 1.54) is 6.33 Å². The van der Waals surface area contributed by atoms with Crippen molar-refractivity contribution in [2.24, 2.45) is 0 Å². The molecule has 0 amide bonds. The van der Waals surface area contributed by atoms with Gasteiger partial charge in [0.1, 0.15) is 6.33 Å². The minimum atomic E-state index is -0.0533. The molecule has 0 saturated heterocycles. The smallest absolute Gasteiger partial charge is 0.261 e. The van der Waals surface area contributed by atoms with Gasteiger partial charge in [-0.15, -0.1) is 0 Å². The quantitative estimate of drug-likeness (QED) is 0.625. The van der Waals surface area contributed by atoms with Gasteiger partial charge in [0.2, 0.25) is 0 Å². The number of rotatable bonds is 1. The van der Waals surface area contributed by atoms with Gasteiger partial charge in [0.25, 0.3) is 11.3 Å². The Hall–Kier alpha value is -2.24. The first-order chi connectivity index (χ1) is 8.18. The van der Waals surface area contributed by atoms with E-state index in [0.29, 0.717) is 11.2 Å². The first kappa shape index (κ1) is 9.95. The van der Waals surface area contributed by atoms with Gasteiger partial charge in [-0.3, -0.25) is 4.79 Å². The first-order valence-electron chi connectivity index (χ1n) is 5.38. The Kier molecular flexibility index (Phi) is 1.98. The van der Waals surface area contributed by atoms with E-state index in [-0.39, 0.29) is 11.6 Å². The number of nitrogens with zero attached hydrogens (tertiary/aromatic N) is 5. The lowest BCUT2D eigenvalue weighted by Crippen LogP contribution is -2.22. The highest BCUT2D eigenvalue weighted by molar-refractivity contribution is 5.78. The Balaban J connectivity index is 2.49. The highest BCUT2D eigenvalue weighted by Crippen LogP contribution is 2.10. The van der Waals surface area contributed by atoms with E-state index in [0.717, 1.165) is 5.52 Å². The monoisotopic (exact) mass is 229 g/mol. The van der Waals surface area contributed by atoms with Crippen LogP contribution in [0.4, 0.5) is 0 Å². The van der Waals surface area contributed by atoms with Crippen LogP contribution in [0.15, 0.2) is 29.6 Å². The minimum Gasteiger partial charge on any atom is -0.312 e. The molecule has 0 aliphatic carbocycles. The van der Waals surface area contributed by atoms with Crippen molar-refractivity contribution < 1.29 is 0 Å². The second kappa shape index (κ2) is 3.38. The van der Waals surface area contributed by atoms with Crippen molar-refractivity contribution in [1.29, 1.82) is 0 Å². The molecule has 0 spiro atoms. The van der Waals surface area contributed by atoms with Crippen LogP contribution in [0.2, 0.25) is 0 Å². The van der Waals surface area contributed by atoms with E-state index in [1.54, 1.807) is 21.5 Å². The molecule has 0 N–H and O–H groups in total. The summed E-state index contributed by atoms with van der Waals surface area (Å²) in [6.45, 7) is 3.93. The molecule has 0 aliphatic heterocycles. The maximum absolute atomic E-state index is 12.2.